The second-order valence-corrected chi connectivity index (χ2v) is 8.51. The largest absolute Gasteiger partial charge is 0.369 e. The summed E-state index contributed by atoms with van der Waals surface area (Å²) in [5.74, 6) is -0.583. The van der Waals surface area contributed by atoms with E-state index in [1.165, 1.54) is 12.1 Å². The van der Waals surface area contributed by atoms with Crippen LogP contribution >= 0.6 is 0 Å². The van der Waals surface area contributed by atoms with Crippen molar-refractivity contribution in [1.29, 1.82) is 0 Å². The van der Waals surface area contributed by atoms with Gasteiger partial charge in [0.05, 0.1) is 16.6 Å². The molecule has 0 bridgehead atoms. The van der Waals surface area contributed by atoms with Crippen molar-refractivity contribution < 1.29 is 9.18 Å². The number of halogens is 1. The van der Waals surface area contributed by atoms with E-state index in [0.29, 0.717) is 27.9 Å². The number of benzene rings is 1. The first-order valence-corrected chi connectivity index (χ1v) is 10.6. The van der Waals surface area contributed by atoms with E-state index < -0.39 is 0 Å². The molecule has 1 saturated heterocycles. The average molecular weight is 420 g/mol. The van der Waals surface area contributed by atoms with Gasteiger partial charge in [-0.3, -0.25) is 9.20 Å². The van der Waals surface area contributed by atoms with Crippen molar-refractivity contribution in [3.05, 3.63) is 47.9 Å². The first-order chi connectivity index (χ1) is 14.9. The molecule has 1 aromatic carbocycles. The van der Waals surface area contributed by atoms with Crippen LogP contribution in [-0.4, -0.2) is 45.4 Å². The summed E-state index contributed by atoms with van der Waals surface area (Å²) < 4.78 is 15.9. The summed E-state index contributed by atoms with van der Waals surface area (Å²) in [6.45, 7) is 5.45. The summed E-state index contributed by atoms with van der Waals surface area (Å²) in [5.41, 5.74) is 9.93. The van der Waals surface area contributed by atoms with Gasteiger partial charge in [0.25, 0.3) is 5.91 Å². The van der Waals surface area contributed by atoms with Gasteiger partial charge >= 0.3 is 0 Å². The van der Waals surface area contributed by atoms with Crippen LogP contribution in [0, 0.1) is 5.82 Å². The van der Waals surface area contributed by atoms with Gasteiger partial charge in [-0.05, 0) is 51.0 Å². The lowest BCUT2D eigenvalue weighted by Crippen LogP contribution is -2.43. The molecule has 1 amide bonds. The molecule has 0 radical (unpaired) electrons. The van der Waals surface area contributed by atoms with Crippen LogP contribution in [0.3, 0.4) is 0 Å². The third-order valence-electron chi connectivity index (χ3n) is 5.77. The van der Waals surface area contributed by atoms with Gasteiger partial charge in [0.1, 0.15) is 11.5 Å². The number of nitrogens with zero attached hydrogens (tertiary/aromatic N) is 4. The highest BCUT2D eigenvalue weighted by atomic mass is 19.1. The predicted molar refractivity (Wildman–Crippen MR) is 120 cm³/mol. The van der Waals surface area contributed by atoms with E-state index in [0.717, 1.165) is 37.0 Å². The molecule has 0 spiro atoms. The Morgan fingerprint density at radius 2 is 2.10 bits per heavy atom. The second kappa shape index (κ2) is 7.46. The number of rotatable bonds is 3. The molecular formula is C23H25FN6O. The van der Waals surface area contributed by atoms with Crippen LogP contribution in [0.2, 0.25) is 0 Å². The molecule has 1 atom stereocenters. The minimum Gasteiger partial charge on any atom is -0.369 e. The van der Waals surface area contributed by atoms with Crippen molar-refractivity contribution in [1.82, 2.24) is 19.7 Å². The molecular weight excluding hydrogens is 395 g/mol. The van der Waals surface area contributed by atoms with Crippen LogP contribution in [0.5, 0.6) is 0 Å². The molecule has 1 unspecified atom stereocenters. The van der Waals surface area contributed by atoms with Crippen molar-refractivity contribution in [2.45, 2.75) is 38.8 Å². The molecule has 4 heterocycles. The number of piperidine rings is 1. The number of anilines is 1. The van der Waals surface area contributed by atoms with Gasteiger partial charge in [0.15, 0.2) is 5.65 Å². The number of nitrogens with one attached hydrogen (secondary N) is 1. The zero-order chi connectivity index (χ0) is 21.7. The molecule has 3 aromatic heterocycles. The fourth-order valence-corrected chi connectivity index (χ4v) is 4.43. The second-order valence-electron chi connectivity index (χ2n) is 8.51. The monoisotopic (exact) mass is 420 g/mol. The molecule has 4 aromatic rings. The van der Waals surface area contributed by atoms with E-state index >= 15 is 0 Å². The van der Waals surface area contributed by atoms with Gasteiger partial charge in [-0.2, -0.15) is 0 Å². The van der Waals surface area contributed by atoms with Crippen LogP contribution in [0.15, 0.2) is 36.5 Å². The van der Waals surface area contributed by atoms with Gasteiger partial charge < -0.3 is 16.0 Å². The Bertz CT molecular complexity index is 1310. The number of fused-ring (bicyclic) bond motifs is 5. The zero-order valence-corrected chi connectivity index (χ0v) is 17.6. The topological polar surface area (TPSA) is 88.5 Å². The number of carbonyl (C=O) groups is 1. The van der Waals surface area contributed by atoms with E-state index in [1.807, 2.05) is 26.0 Å². The molecule has 1 aliphatic rings. The maximum absolute atomic E-state index is 14.1. The molecule has 7 nitrogen and oxygen atoms in total. The summed E-state index contributed by atoms with van der Waals surface area (Å²) in [6.07, 6.45) is 3.75. The van der Waals surface area contributed by atoms with Crippen LogP contribution in [-0.2, 0) is 0 Å². The number of pyridine rings is 2. The Kier molecular flexibility index (Phi) is 4.74. The molecule has 160 valence electrons. The minimum absolute atomic E-state index is 0.0291. The lowest BCUT2D eigenvalue weighted by Gasteiger charge is -2.33. The molecule has 31 heavy (non-hydrogen) atoms. The quantitative estimate of drug-likeness (QED) is 0.531. The number of nitrogens with two attached hydrogens (primary N) is 1. The molecule has 8 heteroatoms. The Labute approximate surface area is 179 Å². The van der Waals surface area contributed by atoms with Crippen LogP contribution in [0.25, 0.3) is 27.7 Å². The number of hydrogen-bond acceptors (Lipinski definition) is 5. The van der Waals surface area contributed by atoms with Gasteiger partial charge in [-0.25, -0.2) is 14.4 Å². The minimum atomic E-state index is -0.363. The summed E-state index contributed by atoms with van der Waals surface area (Å²) in [4.78, 5) is 24.6. The Morgan fingerprint density at radius 3 is 2.87 bits per heavy atom. The van der Waals surface area contributed by atoms with Gasteiger partial charge in [0, 0.05) is 48.5 Å². The fourth-order valence-electron chi connectivity index (χ4n) is 4.43. The highest BCUT2D eigenvalue weighted by Gasteiger charge is 2.23. The zero-order valence-electron chi connectivity index (χ0n) is 17.6. The van der Waals surface area contributed by atoms with E-state index in [-0.39, 0.29) is 23.8 Å². The standard InChI is InChI=1S/C23H25FN6O/c1-13(2)27-23(31)17-11-16-19(29-9-3-4-15(25)12-29)7-8-26-21(16)30-20-10-14(24)5-6-18(20)28-22(17)30/h5-8,10-11,13,15H,3-4,9,12,25H2,1-2H3,(H,27,31). The number of imidazole rings is 1. The summed E-state index contributed by atoms with van der Waals surface area (Å²) >= 11 is 0. The van der Waals surface area contributed by atoms with E-state index in [1.54, 1.807) is 16.7 Å². The summed E-state index contributed by atoms with van der Waals surface area (Å²) in [6, 6.07) is 8.32. The number of hydrogen-bond donors (Lipinski definition) is 2. The highest BCUT2D eigenvalue weighted by molar-refractivity contribution is 6.07. The van der Waals surface area contributed by atoms with Crippen LogP contribution in [0.4, 0.5) is 10.1 Å². The first-order valence-electron chi connectivity index (χ1n) is 10.6. The fraction of sp³-hybridized carbons (Fsp3) is 0.348. The van der Waals surface area contributed by atoms with Crippen molar-refractivity contribution in [3.63, 3.8) is 0 Å². The molecule has 0 saturated carbocycles. The predicted octanol–water partition coefficient (Wildman–Crippen LogP) is 3.24. The third-order valence-corrected chi connectivity index (χ3v) is 5.77. The van der Waals surface area contributed by atoms with Gasteiger partial charge in [-0.1, -0.05) is 0 Å². The van der Waals surface area contributed by atoms with Crippen LogP contribution < -0.4 is 16.0 Å². The summed E-state index contributed by atoms with van der Waals surface area (Å²) in [5, 5.41) is 3.78. The molecule has 3 N–H and O–H groups in total. The average Bonchev–Trinajstić information content (AvgIpc) is 3.11. The van der Waals surface area contributed by atoms with Crippen molar-refractivity contribution in [3.8, 4) is 0 Å². The van der Waals surface area contributed by atoms with E-state index in [9.17, 15) is 9.18 Å². The molecule has 1 fully saturated rings. The first kappa shape index (κ1) is 19.7. The lowest BCUT2D eigenvalue weighted by atomic mass is 10.0. The Balaban J connectivity index is 1.85. The molecule has 1 aliphatic heterocycles. The van der Waals surface area contributed by atoms with Gasteiger partial charge in [0.2, 0.25) is 0 Å². The SMILES string of the molecule is CC(C)NC(=O)c1cc2c(N3CCCC(N)C3)ccnc2n2c1nc1ccc(F)cc12. The van der Waals surface area contributed by atoms with Gasteiger partial charge in [-0.15, -0.1) is 0 Å². The van der Waals surface area contributed by atoms with Crippen molar-refractivity contribution in [2.75, 3.05) is 18.0 Å². The maximum atomic E-state index is 14.1. The van der Waals surface area contributed by atoms with Crippen LogP contribution in [0.1, 0.15) is 37.0 Å². The Morgan fingerprint density at radius 1 is 1.26 bits per heavy atom. The van der Waals surface area contributed by atoms with E-state index in [4.69, 9.17) is 5.73 Å². The maximum Gasteiger partial charge on any atom is 0.255 e. The lowest BCUT2D eigenvalue weighted by molar-refractivity contribution is 0.0944. The highest BCUT2D eigenvalue weighted by Crippen LogP contribution is 2.32. The van der Waals surface area contributed by atoms with E-state index in [2.05, 4.69) is 20.2 Å². The van der Waals surface area contributed by atoms with Crippen molar-refractivity contribution >= 4 is 39.3 Å². The number of carbonyl (C=O) groups excluding carboxylic acids is 1. The van der Waals surface area contributed by atoms with Crippen molar-refractivity contribution in [2.24, 2.45) is 5.73 Å². The number of aromatic nitrogens is 3. The molecule has 5 rings (SSSR count). The number of amides is 1. The smallest absolute Gasteiger partial charge is 0.255 e. The molecule has 0 aliphatic carbocycles. The Hall–Kier alpha value is -3.26. The summed E-state index contributed by atoms with van der Waals surface area (Å²) in [7, 11) is 0. The normalized spacial score (nSPS) is 17.2. The third kappa shape index (κ3) is 3.37.